The van der Waals surface area contributed by atoms with Crippen LogP contribution in [0.3, 0.4) is 0 Å². The van der Waals surface area contributed by atoms with Crippen LogP contribution in [0.1, 0.15) is 26.4 Å². The van der Waals surface area contributed by atoms with Crippen LogP contribution < -0.4 is 5.32 Å². The standard InChI is InChI=1S/C12H10N2O4/c15-11(10-4-5-18-14-10)13-7-8-2-1-3-9(6-8)12(16)17/h1-6H,7H2,(H,13,15)(H,16,17). The molecule has 1 amide bonds. The van der Waals surface area contributed by atoms with Crippen molar-refractivity contribution in [2.24, 2.45) is 0 Å². The van der Waals surface area contributed by atoms with Gasteiger partial charge in [0.2, 0.25) is 0 Å². The molecule has 0 atom stereocenters. The van der Waals surface area contributed by atoms with Gasteiger partial charge in [-0.3, -0.25) is 4.79 Å². The maximum absolute atomic E-state index is 11.5. The van der Waals surface area contributed by atoms with Crippen LogP contribution >= 0.6 is 0 Å². The largest absolute Gasteiger partial charge is 0.478 e. The van der Waals surface area contributed by atoms with Gasteiger partial charge >= 0.3 is 5.97 Å². The van der Waals surface area contributed by atoms with Crippen LogP contribution in [0.25, 0.3) is 0 Å². The lowest BCUT2D eigenvalue weighted by molar-refractivity contribution is 0.0696. The maximum Gasteiger partial charge on any atom is 0.335 e. The summed E-state index contributed by atoms with van der Waals surface area (Å²) in [6.07, 6.45) is 1.31. The molecular weight excluding hydrogens is 236 g/mol. The first-order valence-electron chi connectivity index (χ1n) is 5.17. The summed E-state index contributed by atoms with van der Waals surface area (Å²) >= 11 is 0. The number of nitrogens with one attached hydrogen (secondary N) is 1. The van der Waals surface area contributed by atoms with Crippen LogP contribution in [0.2, 0.25) is 0 Å². The lowest BCUT2D eigenvalue weighted by atomic mass is 10.1. The number of carboxylic acid groups (broad SMARTS) is 1. The third kappa shape index (κ3) is 2.73. The van der Waals surface area contributed by atoms with E-state index in [0.717, 1.165) is 0 Å². The topological polar surface area (TPSA) is 92.4 Å². The minimum Gasteiger partial charge on any atom is -0.478 e. The molecule has 92 valence electrons. The molecule has 0 aliphatic heterocycles. The van der Waals surface area contributed by atoms with Crippen molar-refractivity contribution in [3.63, 3.8) is 0 Å². The van der Waals surface area contributed by atoms with Crippen molar-refractivity contribution in [3.8, 4) is 0 Å². The number of carboxylic acids is 1. The zero-order valence-electron chi connectivity index (χ0n) is 9.29. The fraction of sp³-hybridized carbons (Fsp3) is 0.0833. The van der Waals surface area contributed by atoms with E-state index in [9.17, 15) is 9.59 Å². The minimum atomic E-state index is -1.00. The molecule has 18 heavy (non-hydrogen) atoms. The van der Waals surface area contributed by atoms with Gasteiger partial charge in [0.1, 0.15) is 6.26 Å². The summed E-state index contributed by atoms with van der Waals surface area (Å²) in [4.78, 5) is 22.3. The number of hydrogen-bond acceptors (Lipinski definition) is 4. The van der Waals surface area contributed by atoms with Crippen molar-refractivity contribution in [3.05, 3.63) is 53.4 Å². The summed E-state index contributed by atoms with van der Waals surface area (Å²) in [7, 11) is 0. The SMILES string of the molecule is O=C(O)c1cccc(CNC(=O)c2ccon2)c1. The second kappa shape index (κ2) is 5.13. The molecule has 1 aromatic carbocycles. The van der Waals surface area contributed by atoms with Crippen LogP contribution in [0.15, 0.2) is 41.1 Å². The second-order valence-electron chi connectivity index (χ2n) is 3.57. The van der Waals surface area contributed by atoms with E-state index in [0.29, 0.717) is 5.56 Å². The van der Waals surface area contributed by atoms with Gasteiger partial charge in [-0.1, -0.05) is 17.3 Å². The highest BCUT2D eigenvalue weighted by atomic mass is 16.5. The molecule has 2 N–H and O–H groups in total. The molecule has 0 bridgehead atoms. The predicted molar refractivity (Wildman–Crippen MR) is 61.1 cm³/mol. The van der Waals surface area contributed by atoms with Crippen molar-refractivity contribution in [2.45, 2.75) is 6.54 Å². The van der Waals surface area contributed by atoms with Crippen LogP contribution in [-0.2, 0) is 6.54 Å². The Labute approximate surface area is 102 Å². The van der Waals surface area contributed by atoms with E-state index in [1.165, 1.54) is 24.5 Å². The van der Waals surface area contributed by atoms with Crippen molar-refractivity contribution < 1.29 is 19.2 Å². The highest BCUT2D eigenvalue weighted by Gasteiger charge is 2.09. The van der Waals surface area contributed by atoms with Crippen LogP contribution in [0.5, 0.6) is 0 Å². The van der Waals surface area contributed by atoms with E-state index >= 15 is 0 Å². The number of nitrogens with zero attached hydrogens (tertiary/aromatic N) is 1. The average molecular weight is 246 g/mol. The normalized spacial score (nSPS) is 10.0. The zero-order valence-corrected chi connectivity index (χ0v) is 9.29. The maximum atomic E-state index is 11.5. The Morgan fingerprint density at radius 1 is 1.33 bits per heavy atom. The molecule has 2 aromatic rings. The molecule has 0 saturated carbocycles. The van der Waals surface area contributed by atoms with Gasteiger partial charge in [-0.2, -0.15) is 0 Å². The average Bonchev–Trinajstić information content (AvgIpc) is 2.90. The number of rotatable bonds is 4. The van der Waals surface area contributed by atoms with Crippen molar-refractivity contribution >= 4 is 11.9 Å². The van der Waals surface area contributed by atoms with Gasteiger partial charge in [-0.25, -0.2) is 4.79 Å². The Hall–Kier alpha value is -2.63. The lowest BCUT2D eigenvalue weighted by Crippen LogP contribution is -2.23. The molecule has 0 aliphatic carbocycles. The number of aromatic nitrogens is 1. The van der Waals surface area contributed by atoms with E-state index < -0.39 is 5.97 Å². The van der Waals surface area contributed by atoms with Crippen molar-refractivity contribution in [2.75, 3.05) is 0 Å². The van der Waals surface area contributed by atoms with Gasteiger partial charge < -0.3 is 14.9 Å². The van der Waals surface area contributed by atoms with Crippen LogP contribution in [0, 0.1) is 0 Å². The summed E-state index contributed by atoms with van der Waals surface area (Å²) < 4.78 is 4.55. The van der Waals surface area contributed by atoms with Gasteiger partial charge in [0, 0.05) is 12.6 Å². The Balaban J connectivity index is 2.00. The summed E-state index contributed by atoms with van der Waals surface area (Å²) in [5.74, 6) is -1.37. The number of amides is 1. The van der Waals surface area contributed by atoms with E-state index in [1.807, 2.05) is 0 Å². The Kier molecular flexibility index (Phi) is 3.38. The molecule has 6 nitrogen and oxygen atoms in total. The number of aromatic carboxylic acids is 1. The fourth-order valence-electron chi connectivity index (χ4n) is 1.42. The summed E-state index contributed by atoms with van der Waals surface area (Å²) in [6, 6.07) is 7.80. The second-order valence-corrected chi connectivity index (χ2v) is 3.57. The number of carbonyl (C=O) groups is 2. The Bertz CT molecular complexity index is 563. The molecule has 0 saturated heterocycles. The van der Waals surface area contributed by atoms with E-state index in [2.05, 4.69) is 15.0 Å². The lowest BCUT2D eigenvalue weighted by Gasteiger charge is -2.04. The zero-order chi connectivity index (χ0) is 13.0. The molecule has 1 aromatic heterocycles. The molecule has 0 fully saturated rings. The predicted octanol–water partition coefficient (Wildman–Crippen LogP) is 1.30. The van der Waals surface area contributed by atoms with Gasteiger partial charge in [-0.05, 0) is 17.7 Å². The first kappa shape index (κ1) is 11.8. The quantitative estimate of drug-likeness (QED) is 0.848. The monoisotopic (exact) mass is 246 g/mol. The third-order valence-corrected chi connectivity index (χ3v) is 2.30. The molecule has 0 spiro atoms. The van der Waals surface area contributed by atoms with Crippen LogP contribution in [-0.4, -0.2) is 22.1 Å². The fourth-order valence-corrected chi connectivity index (χ4v) is 1.42. The first-order valence-corrected chi connectivity index (χ1v) is 5.17. The van der Waals surface area contributed by atoms with Gasteiger partial charge in [0.25, 0.3) is 5.91 Å². The number of carbonyl (C=O) groups excluding carboxylic acids is 1. The molecular formula is C12H10N2O4. The highest BCUT2D eigenvalue weighted by molar-refractivity contribution is 5.92. The van der Waals surface area contributed by atoms with Crippen molar-refractivity contribution in [1.82, 2.24) is 10.5 Å². The first-order chi connectivity index (χ1) is 8.66. The molecule has 6 heteroatoms. The van der Waals surface area contributed by atoms with E-state index in [4.69, 9.17) is 5.11 Å². The number of hydrogen-bond donors (Lipinski definition) is 2. The summed E-state index contributed by atoms with van der Waals surface area (Å²) in [6.45, 7) is 0.229. The van der Waals surface area contributed by atoms with Crippen molar-refractivity contribution in [1.29, 1.82) is 0 Å². The summed E-state index contributed by atoms with van der Waals surface area (Å²) in [5.41, 5.74) is 1.07. The minimum absolute atomic E-state index is 0.184. The smallest absolute Gasteiger partial charge is 0.335 e. The van der Waals surface area contributed by atoms with E-state index in [1.54, 1.807) is 12.1 Å². The molecule has 2 rings (SSSR count). The van der Waals surface area contributed by atoms with E-state index in [-0.39, 0.29) is 23.7 Å². The highest BCUT2D eigenvalue weighted by Crippen LogP contribution is 2.05. The van der Waals surface area contributed by atoms with Gasteiger partial charge in [0.15, 0.2) is 5.69 Å². The Morgan fingerprint density at radius 3 is 2.83 bits per heavy atom. The molecule has 0 aliphatic rings. The molecule has 1 heterocycles. The molecule has 0 unspecified atom stereocenters. The number of benzene rings is 1. The van der Waals surface area contributed by atoms with Gasteiger partial charge in [-0.15, -0.1) is 0 Å². The molecule has 0 radical (unpaired) electrons. The van der Waals surface area contributed by atoms with Gasteiger partial charge in [0.05, 0.1) is 5.56 Å². The summed E-state index contributed by atoms with van der Waals surface area (Å²) in [5, 5.41) is 14.9. The third-order valence-electron chi connectivity index (χ3n) is 2.30. The Morgan fingerprint density at radius 2 is 2.17 bits per heavy atom. The van der Waals surface area contributed by atoms with Crippen LogP contribution in [0.4, 0.5) is 0 Å².